The summed E-state index contributed by atoms with van der Waals surface area (Å²) < 4.78 is 18.8. The molecule has 0 aliphatic carbocycles. The summed E-state index contributed by atoms with van der Waals surface area (Å²) >= 11 is 0. The topological polar surface area (TPSA) is 58.6 Å². The SMILES string of the molecule is CCOc1ccc(CN(C)C(=O)C2CC(=O)Nc3cc(F)ccc32)cc1. The van der Waals surface area contributed by atoms with E-state index in [1.54, 1.807) is 18.0 Å². The highest BCUT2D eigenvalue weighted by Crippen LogP contribution is 2.34. The van der Waals surface area contributed by atoms with Crippen LogP contribution in [0.5, 0.6) is 5.75 Å². The predicted molar refractivity (Wildman–Crippen MR) is 96.5 cm³/mol. The van der Waals surface area contributed by atoms with Gasteiger partial charge in [-0.1, -0.05) is 18.2 Å². The van der Waals surface area contributed by atoms with E-state index in [1.165, 1.54) is 12.1 Å². The minimum Gasteiger partial charge on any atom is -0.494 e. The molecule has 1 heterocycles. The zero-order valence-electron chi connectivity index (χ0n) is 14.8. The molecule has 0 bridgehead atoms. The van der Waals surface area contributed by atoms with Gasteiger partial charge in [-0.25, -0.2) is 4.39 Å². The molecule has 0 aromatic heterocycles. The molecule has 5 nitrogen and oxygen atoms in total. The van der Waals surface area contributed by atoms with Crippen molar-refractivity contribution >= 4 is 17.5 Å². The van der Waals surface area contributed by atoms with Gasteiger partial charge in [0.2, 0.25) is 11.8 Å². The van der Waals surface area contributed by atoms with E-state index in [4.69, 9.17) is 4.74 Å². The number of hydrogen-bond acceptors (Lipinski definition) is 3. The van der Waals surface area contributed by atoms with Gasteiger partial charge in [0.05, 0.1) is 12.5 Å². The van der Waals surface area contributed by atoms with Gasteiger partial charge in [0.1, 0.15) is 11.6 Å². The van der Waals surface area contributed by atoms with Crippen LogP contribution in [0.4, 0.5) is 10.1 Å². The van der Waals surface area contributed by atoms with Gasteiger partial charge in [-0.15, -0.1) is 0 Å². The van der Waals surface area contributed by atoms with E-state index in [0.717, 1.165) is 11.3 Å². The van der Waals surface area contributed by atoms with E-state index >= 15 is 0 Å². The lowest BCUT2D eigenvalue weighted by Crippen LogP contribution is -2.36. The van der Waals surface area contributed by atoms with Crippen LogP contribution in [0.2, 0.25) is 0 Å². The molecule has 0 spiro atoms. The number of ether oxygens (including phenoxy) is 1. The number of nitrogens with zero attached hydrogens (tertiary/aromatic N) is 1. The van der Waals surface area contributed by atoms with Gasteiger partial charge >= 0.3 is 0 Å². The lowest BCUT2D eigenvalue weighted by molar-refractivity contribution is -0.134. The van der Waals surface area contributed by atoms with Crippen LogP contribution in [0, 0.1) is 5.82 Å². The maximum Gasteiger partial charge on any atom is 0.230 e. The number of nitrogens with one attached hydrogen (secondary N) is 1. The molecule has 3 rings (SSSR count). The predicted octanol–water partition coefficient (Wildman–Crippen LogP) is 3.31. The summed E-state index contributed by atoms with van der Waals surface area (Å²) in [5.41, 5.74) is 1.98. The first-order valence-electron chi connectivity index (χ1n) is 8.54. The summed E-state index contributed by atoms with van der Waals surface area (Å²) in [6, 6.07) is 11.7. The minimum atomic E-state index is -0.605. The summed E-state index contributed by atoms with van der Waals surface area (Å²) in [5, 5.41) is 2.63. The zero-order valence-corrected chi connectivity index (χ0v) is 14.8. The molecule has 2 aromatic carbocycles. The van der Waals surface area contributed by atoms with Crippen LogP contribution in [0.25, 0.3) is 0 Å². The number of carbonyl (C=O) groups is 2. The highest BCUT2D eigenvalue weighted by molar-refractivity contribution is 6.01. The standard InChI is InChI=1S/C20H21FN2O3/c1-3-26-15-7-4-13(5-8-15)12-23(2)20(25)17-11-19(24)22-18-10-14(21)6-9-16(17)18/h4-10,17H,3,11-12H2,1-2H3,(H,22,24). The molecule has 1 aliphatic heterocycles. The second kappa shape index (κ2) is 7.56. The first kappa shape index (κ1) is 17.9. The van der Waals surface area contributed by atoms with Crippen LogP contribution in [0.15, 0.2) is 42.5 Å². The van der Waals surface area contributed by atoms with Gasteiger partial charge < -0.3 is 15.0 Å². The molecule has 0 saturated carbocycles. The number of fused-ring (bicyclic) bond motifs is 1. The molecule has 0 radical (unpaired) electrons. The van der Waals surface area contributed by atoms with Gasteiger partial charge in [0.25, 0.3) is 0 Å². The minimum absolute atomic E-state index is 0.0606. The number of hydrogen-bond donors (Lipinski definition) is 1. The molecule has 0 saturated heterocycles. The molecular weight excluding hydrogens is 335 g/mol. The summed E-state index contributed by atoms with van der Waals surface area (Å²) in [4.78, 5) is 26.4. The maximum absolute atomic E-state index is 13.4. The Morgan fingerprint density at radius 1 is 1.27 bits per heavy atom. The Bertz CT molecular complexity index is 820. The average molecular weight is 356 g/mol. The molecule has 2 aromatic rings. The normalized spacial score (nSPS) is 15.8. The molecule has 1 atom stereocenters. The van der Waals surface area contributed by atoms with Crippen molar-refractivity contribution in [3.8, 4) is 5.75 Å². The van der Waals surface area contributed by atoms with Crippen molar-refractivity contribution < 1.29 is 18.7 Å². The van der Waals surface area contributed by atoms with Crippen LogP contribution in [0.1, 0.15) is 30.4 Å². The molecule has 6 heteroatoms. The van der Waals surface area contributed by atoms with Gasteiger partial charge in [-0.05, 0) is 42.3 Å². The molecule has 2 amide bonds. The van der Waals surface area contributed by atoms with Gasteiger partial charge in [0.15, 0.2) is 0 Å². The van der Waals surface area contributed by atoms with Crippen LogP contribution < -0.4 is 10.1 Å². The molecular formula is C20H21FN2O3. The van der Waals surface area contributed by atoms with Crippen molar-refractivity contribution in [1.82, 2.24) is 4.90 Å². The number of rotatable bonds is 5. The van der Waals surface area contributed by atoms with Crippen molar-refractivity contribution in [2.75, 3.05) is 19.0 Å². The Balaban J connectivity index is 1.75. The molecule has 26 heavy (non-hydrogen) atoms. The van der Waals surface area contributed by atoms with Crippen molar-refractivity contribution in [2.24, 2.45) is 0 Å². The van der Waals surface area contributed by atoms with E-state index < -0.39 is 11.7 Å². The van der Waals surface area contributed by atoms with E-state index in [9.17, 15) is 14.0 Å². The Kier molecular flexibility index (Phi) is 5.21. The molecule has 1 aliphatic rings. The molecule has 1 N–H and O–H groups in total. The molecule has 136 valence electrons. The summed E-state index contributed by atoms with van der Waals surface area (Å²) in [6.07, 6.45) is 0.0606. The van der Waals surface area contributed by atoms with Crippen LogP contribution in [0.3, 0.4) is 0 Å². The largest absolute Gasteiger partial charge is 0.494 e. The van der Waals surface area contributed by atoms with Gasteiger partial charge in [0, 0.05) is 25.7 Å². The smallest absolute Gasteiger partial charge is 0.230 e. The fourth-order valence-electron chi connectivity index (χ4n) is 3.13. The summed E-state index contributed by atoms with van der Waals surface area (Å²) in [7, 11) is 1.70. The van der Waals surface area contributed by atoms with Crippen LogP contribution in [-0.4, -0.2) is 30.4 Å². The zero-order chi connectivity index (χ0) is 18.7. The Hall–Kier alpha value is -2.89. The second-order valence-electron chi connectivity index (χ2n) is 6.31. The number of benzene rings is 2. The van der Waals surface area contributed by atoms with Gasteiger partial charge in [-0.3, -0.25) is 9.59 Å². The molecule has 0 fully saturated rings. The second-order valence-corrected chi connectivity index (χ2v) is 6.31. The quantitative estimate of drug-likeness (QED) is 0.894. The third-order valence-electron chi connectivity index (χ3n) is 4.38. The maximum atomic E-state index is 13.4. The summed E-state index contributed by atoms with van der Waals surface area (Å²) in [6.45, 7) is 2.94. The van der Waals surface area contributed by atoms with Crippen molar-refractivity contribution in [3.63, 3.8) is 0 Å². The number of anilines is 1. The van der Waals surface area contributed by atoms with Gasteiger partial charge in [-0.2, -0.15) is 0 Å². The van der Waals surface area contributed by atoms with E-state index in [2.05, 4.69) is 5.32 Å². The Morgan fingerprint density at radius 3 is 2.69 bits per heavy atom. The number of carbonyl (C=O) groups excluding carboxylic acids is 2. The van der Waals surface area contributed by atoms with Crippen LogP contribution in [-0.2, 0) is 16.1 Å². The highest BCUT2D eigenvalue weighted by atomic mass is 19.1. The van der Waals surface area contributed by atoms with Crippen molar-refractivity contribution in [3.05, 3.63) is 59.4 Å². The van der Waals surface area contributed by atoms with Crippen molar-refractivity contribution in [1.29, 1.82) is 0 Å². The fraction of sp³-hybridized carbons (Fsp3) is 0.300. The Labute approximate surface area is 151 Å². The third kappa shape index (κ3) is 3.85. The first-order chi connectivity index (χ1) is 12.5. The van der Waals surface area contributed by atoms with E-state index in [-0.39, 0.29) is 18.2 Å². The fourth-order valence-corrected chi connectivity index (χ4v) is 3.13. The third-order valence-corrected chi connectivity index (χ3v) is 4.38. The van der Waals surface area contributed by atoms with E-state index in [1.807, 2.05) is 31.2 Å². The van der Waals surface area contributed by atoms with E-state index in [0.29, 0.717) is 24.4 Å². The molecule has 1 unspecified atom stereocenters. The Morgan fingerprint density at radius 2 is 2.00 bits per heavy atom. The van der Waals surface area contributed by atoms with Crippen molar-refractivity contribution in [2.45, 2.75) is 25.8 Å². The number of halogens is 1. The first-order valence-corrected chi connectivity index (χ1v) is 8.54. The number of likely N-dealkylation sites (N-methyl/N-ethyl adjacent to an activating group) is 1. The monoisotopic (exact) mass is 356 g/mol. The van der Waals surface area contributed by atoms with Crippen LogP contribution >= 0.6 is 0 Å². The lowest BCUT2D eigenvalue weighted by Gasteiger charge is -2.28. The number of amides is 2. The lowest BCUT2D eigenvalue weighted by atomic mass is 9.89. The summed E-state index contributed by atoms with van der Waals surface area (Å²) in [5.74, 6) is -0.713. The average Bonchev–Trinajstić information content (AvgIpc) is 2.61. The highest BCUT2D eigenvalue weighted by Gasteiger charge is 2.32.